The van der Waals surface area contributed by atoms with Crippen LogP contribution in [0.1, 0.15) is 31.9 Å². The van der Waals surface area contributed by atoms with Gasteiger partial charge in [-0.3, -0.25) is 4.79 Å². The summed E-state index contributed by atoms with van der Waals surface area (Å²) in [5.41, 5.74) is 2.25. The van der Waals surface area contributed by atoms with Gasteiger partial charge in [0.1, 0.15) is 18.5 Å². The fraction of sp³-hybridized carbons (Fsp3) is 0.269. The number of rotatable bonds is 9. The number of carboxylic acids is 2. The molecule has 0 heterocycles. The number of carbonyl (C=O) groups excluding carboxylic acids is 3. The maximum atomic E-state index is 10.4. The topological polar surface area (TPSA) is 151 Å². The molecule has 0 aliphatic rings. The van der Waals surface area contributed by atoms with Crippen molar-refractivity contribution >= 4 is 24.0 Å². The van der Waals surface area contributed by atoms with Crippen molar-refractivity contribution in [1.29, 1.82) is 0 Å². The monoisotopic (exact) mass is 480 g/mol. The molecule has 2 aromatic carbocycles. The van der Waals surface area contributed by atoms with E-state index in [4.69, 9.17) is 4.74 Å². The molecule has 0 aliphatic heterocycles. The summed E-state index contributed by atoms with van der Waals surface area (Å²) in [6, 6.07) is 14.7. The lowest BCUT2D eigenvalue weighted by molar-refractivity contribution is -0.301. The van der Waals surface area contributed by atoms with Crippen LogP contribution in [-0.4, -0.2) is 48.2 Å². The lowest BCUT2D eigenvalue weighted by Crippen LogP contribution is -2.42. The Morgan fingerprint density at radius 3 is 2.17 bits per heavy atom. The molecule has 1 unspecified atom stereocenters. The minimum atomic E-state index is -1.55. The van der Waals surface area contributed by atoms with Gasteiger partial charge in [0.2, 0.25) is 6.41 Å². The van der Waals surface area contributed by atoms with Crippen molar-refractivity contribution in [2.24, 2.45) is 0 Å². The summed E-state index contributed by atoms with van der Waals surface area (Å²) >= 11 is 0. The van der Waals surface area contributed by atoms with Crippen LogP contribution in [0.5, 0.6) is 5.75 Å². The third-order valence-corrected chi connectivity index (χ3v) is 3.99. The zero-order valence-electron chi connectivity index (χ0n) is 19.7. The molecule has 2 rings (SSSR count). The van der Waals surface area contributed by atoms with Crippen molar-refractivity contribution in [3.63, 3.8) is 0 Å². The molecule has 9 heteroatoms. The van der Waals surface area contributed by atoms with E-state index in [1.165, 1.54) is 0 Å². The van der Waals surface area contributed by atoms with E-state index in [2.05, 4.69) is 22.5 Å². The Kier molecular flexibility index (Phi) is 12.3. The van der Waals surface area contributed by atoms with E-state index in [1.54, 1.807) is 12.1 Å². The molecule has 0 radical (unpaired) electrons. The van der Waals surface area contributed by atoms with Gasteiger partial charge in [0.15, 0.2) is 0 Å². The maximum absolute atomic E-state index is 10.4. The Morgan fingerprint density at radius 1 is 1.03 bits per heavy atom. The molecule has 3 N–H and O–H groups in total. The van der Waals surface area contributed by atoms with E-state index < -0.39 is 18.0 Å². The van der Waals surface area contributed by atoms with Crippen LogP contribution in [0.2, 0.25) is 0 Å². The highest BCUT2D eigenvalue weighted by atomic mass is 16.5. The summed E-state index contributed by atoms with van der Waals surface area (Å²) in [5.74, 6) is 3.73. The van der Waals surface area contributed by atoms with Crippen molar-refractivity contribution in [2.75, 3.05) is 18.5 Å². The SMILES string of the molecule is CC(C)(C)NCC(O)COc1ccccc1C#Cc1ccc(NC=O)cc1.O=C([O-])C=CC(=O)[O-]. The first-order valence-electron chi connectivity index (χ1n) is 10.6. The molecule has 0 saturated heterocycles. The molecule has 1 atom stereocenters. The lowest BCUT2D eigenvalue weighted by atomic mass is 10.1. The second-order valence-corrected chi connectivity index (χ2v) is 8.15. The smallest absolute Gasteiger partial charge is 0.211 e. The fourth-order valence-corrected chi connectivity index (χ4v) is 2.36. The van der Waals surface area contributed by atoms with E-state index in [0.717, 1.165) is 16.8 Å². The van der Waals surface area contributed by atoms with E-state index in [0.29, 0.717) is 30.9 Å². The van der Waals surface area contributed by atoms with Gasteiger partial charge in [0, 0.05) is 23.3 Å². The van der Waals surface area contributed by atoms with Crippen LogP contribution in [0.15, 0.2) is 60.7 Å². The number of aliphatic hydroxyl groups is 1. The molecule has 0 saturated carbocycles. The Labute approximate surface area is 204 Å². The highest BCUT2D eigenvalue weighted by Crippen LogP contribution is 2.17. The molecule has 35 heavy (non-hydrogen) atoms. The molecule has 0 aliphatic carbocycles. The number of ether oxygens (including phenoxy) is 1. The number of para-hydroxylation sites is 1. The Hall–Kier alpha value is -4.13. The molecule has 0 fully saturated rings. The molecular formula is C26H28N2O7-2. The standard InChI is InChI=1S/C22H26N2O3.C4H4O4/c1-22(2,3)24-14-20(26)15-27-21-7-5-4-6-18(21)11-8-17-9-12-19(13-10-17)23-16-25;5-3(6)1-2-4(7)8/h4-7,9-10,12-13,16,20,24,26H,14-15H2,1-3H3,(H,23,25);1-2H,(H,5,6)(H,7,8)/p-2. The maximum Gasteiger partial charge on any atom is 0.211 e. The van der Waals surface area contributed by atoms with Crippen LogP contribution in [0.3, 0.4) is 0 Å². The van der Waals surface area contributed by atoms with Gasteiger partial charge in [-0.2, -0.15) is 0 Å². The average Bonchev–Trinajstić information content (AvgIpc) is 2.80. The van der Waals surface area contributed by atoms with Crippen LogP contribution in [-0.2, 0) is 14.4 Å². The van der Waals surface area contributed by atoms with Crippen LogP contribution in [0.4, 0.5) is 5.69 Å². The van der Waals surface area contributed by atoms with Gasteiger partial charge in [0.05, 0.1) is 17.5 Å². The molecule has 0 bridgehead atoms. The molecule has 0 spiro atoms. The number of aliphatic carboxylic acids is 2. The van der Waals surface area contributed by atoms with Gasteiger partial charge < -0.3 is 40.3 Å². The summed E-state index contributed by atoms with van der Waals surface area (Å²) in [5, 5.41) is 34.8. The van der Waals surface area contributed by atoms with Gasteiger partial charge in [0.25, 0.3) is 0 Å². The van der Waals surface area contributed by atoms with Crippen molar-refractivity contribution in [1.82, 2.24) is 5.32 Å². The first-order valence-corrected chi connectivity index (χ1v) is 10.6. The number of aliphatic hydroxyl groups excluding tert-OH is 1. The van der Waals surface area contributed by atoms with E-state index in [-0.39, 0.29) is 12.1 Å². The minimum Gasteiger partial charge on any atom is -0.545 e. The van der Waals surface area contributed by atoms with Gasteiger partial charge in [-0.25, -0.2) is 0 Å². The normalized spacial score (nSPS) is 11.3. The number of amides is 1. The third-order valence-electron chi connectivity index (χ3n) is 3.99. The van der Waals surface area contributed by atoms with E-state index >= 15 is 0 Å². The number of anilines is 1. The quantitative estimate of drug-likeness (QED) is 0.254. The van der Waals surface area contributed by atoms with Crippen molar-refractivity contribution in [3.8, 4) is 17.6 Å². The van der Waals surface area contributed by atoms with Crippen molar-refractivity contribution in [2.45, 2.75) is 32.4 Å². The number of β-amino-alcohol motifs (C(OH)–C–C–N with tert-alkyl or cyclic N) is 1. The summed E-state index contributed by atoms with van der Waals surface area (Å²) in [7, 11) is 0. The van der Waals surface area contributed by atoms with Gasteiger partial charge in [-0.1, -0.05) is 24.0 Å². The van der Waals surface area contributed by atoms with Gasteiger partial charge in [-0.15, -0.1) is 0 Å². The Morgan fingerprint density at radius 2 is 1.63 bits per heavy atom. The van der Waals surface area contributed by atoms with Crippen LogP contribution in [0.25, 0.3) is 0 Å². The first-order chi connectivity index (χ1) is 16.5. The molecule has 2 aromatic rings. The predicted octanol–water partition coefficient (Wildman–Crippen LogP) is -0.175. The highest BCUT2D eigenvalue weighted by molar-refractivity contribution is 5.87. The molecule has 0 aromatic heterocycles. The number of benzene rings is 2. The average molecular weight is 481 g/mol. The van der Waals surface area contributed by atoms with Crippen LogP contribution in [0, 0.1) is 11.8 Å². The number of nitrogens with one attached hydrogen (secondary N) is 2. The Balaban J connectivity index is 0.000000658. The van der Waals surface area contributed by atoms with Crippen molar-refractivity contribution < 1.29 is 34.4 Å². The minimum absolute atomic E-state index is 0.0544. The second-order valence-electron chi connectivity index (χ2n) is 8.15. The Bertz CT molecular complexity index is 1050. The third kappa shape index (κ3) is 13.9. The first kappa shape index (κ1) is 28.9. The number of hydrogen-bond acceptors (Lipinski definition) is 8. The molecule has 186 valence electrons. The zero-order valence-corrected chi connectivity index (χ0v) is 19.7. The van der Waals surface area contributed by atoms with Crippen LogP contribution >= 0.6 is 0 Å². The zero-order chi connectivity index (χ0) is 26.3. The second kappa shape index (κ2) is 14.9. The summed E-state index contributed by atoms with van der Waals surface area (Å²) < 4.78 is 5.76. The van der Waals surface area contributed by atoms with E-state index in [9.17, 15) is 29.7 Å². The lowest BCUT2D eigenvalue weighted by Gasteiger charge is -2.23. The predicted molar refractivity (Wildman–Crippen MR) is 127 cm³/mol. The largest absolute Gasteiger partial charge is 0.545 e. The van der Waals surface area contributed by atoms with Crippen molar-refractivity contribution in [3.05, 3.63) is 71.8 Å². The number of carbonyl (C=O) groups is 3. The summed E-state index contributed by atoms with van der Waals surface area (Å²) in [4.78, 5) is 29.3. The highest BCUT2D eigenvalue weighted by Gasteiger charge is 2.13. The summed E-state index contributed by atoms with van der Waals surface area (Å²) in [6.45, 7) is 6.79. The summed E-state index contributed by atoms with van der Waals surface area (Å²) in [6.07, 6.45) is 0.799. The molecule has 9 nitrogen and oxygen atoms in total. The van der Waals surface area contributed by atoms with Crippen LogP contribution < -0.4 is 25.6 Å². The van der Waals surface area contributed by atoms with Gasteiger partial charge in [-0.05, 0) is 69.3 Å². The molecular weight excluding hydrogens is 452 g/mol. The van der Waals surface area contributed by atoms with Gasteiger partial charge >= 0.3 is 0 Å². The fourth-order valence-electron chi connectivity index (χ4n) is 2.36. The number of hydrogen-bond donors (Lipinski definition) is 3. The number of carboxylic acid groups (broad SMARTS) is 2. The van der Waals surface area contributed by atoms with E-state index in [1.807, 2.05) is 57.2 Å². The molecule has 1 amide bonds.